The van der Waals surface area contributed by atoms with Gasteiger partial charge in [0.25, 0.3) is 0 Å². The number of rotatable bonds is 4. The predicted molar refractivity (Wildman–Crippen MR) is 98.2 cm³/mol. The standard InChI is InChI=1S/C19H27N3OS/c1-20-8-2-4-17(20)14-21-9-6-19(7-10-21)16-22(11-12-23-19)15-18-5-3-13-24-18/h2-5,8,13H,6-7,9-12,14-16H2,1H3. The number of nitrogens with zero attached hydrogens (tertiary/aromatic N) is 3. The summed E-state index contributed by atoms with van der Waals surface area (Å²) in [6, 6.07) is 8.76. The number of thiophene rings is 1. The first-order chi connectivity index (χ1) is 11.7. The summed E-state index contributed by atoms with van der Waals surface area (Å²) < 4.78 is 8.52. The largest absolute Gasteiger partial charge is 0.372 e. The fourth-order valence-corrected chi connectivity index (χ4v) is 4.74. The Morgan fingerprint density at radius 1 is 1.08 bits per heavy atom. The molecule has 1 spiro atoms. The SMILES string of the molecule is Cn1cccc1CN1CCC2(CC1)CN(Cc1cccs1)CCO2. The molecule has 0 aliphatic carbocycles. The van der Waals surface area contributed by atoms with Crippen LogP contribution in [0.15, 0.2) is 35.8 Å². The van der Waals surface area contributed by atoms with Crippen LogP contribution in [0.3, 0.4) is 0 Å². The summed E-state index contributed by atoms with van der Waals surface area (Å²) in [5.41, 5.74) is 1.48. The molecule has 0 bridgehead atoms. The Balaban J connectivity index is 1.33. The maximum atomic E-state index is 6.29. The van der Waals surface area contributed by atoms with E-state index in [-0.39, 0.29) is 5.60 Å². The van der Waals surface area contributed by atoms with Crippen molar-refractivity contribution in [2.24, 2.45) is 7.05 Å². The minimum absolute atomic E-state index is 0.0835. The second-order valence-electron chi connectivity index (χ2n) is 7.21. The topological polar surface area (TPSA) is 20.6 Å². The van der Waals surface area contributed by atoms with E-state index < -0.39 is 0 Å². The van der Waals surface area contributed by atoms with E-state index in [1.54, 1.807) is 0 Å². The van der Waals surface area contributed by atoms with Gasteiger partial charge in [0.15, 0.2) is 0 Å². The van der Waals surface area contributed by atoms with Gasteiger partial charge in [-0.1, -0.05) is 6.07 Å². The Morgan fingerprint density at radius 2 is 1.96 bits per heavy atom. The second kappa shape index (κ2) is 7.00. The van der Waals surface area contributed by atoms with Gasteiger partial charge in [0.2, 0.25) is 0 Å². The average molecular weight is 346 g/mol. The van der Waals surface area contributed by atoms with Gasteiger partial charge in [-0.25, -0.2) is 0 Å². The molecule has 2 aromatic heterocycles. The first-order valence-corrected chi connectivity index (χ1v) is 9.82. The smallest absolute Gasteiger partial charge is 0.0833 e. The summed E-state index contributed by atoms with van der Waals surface area (Å²) in [4.78, 5) is 6.62. The molecule has 0 N–H and O–H groups in total. The summed E-state index contributed by atoms with van der Waals surface area (Å²) >= 11 is 1.86. The maximum Gasteiger partial charge on any atom is 0.0833 e. The van der Waals surface area contributed by atoms with Crippen molar-refractivity contribution in [3.8, 4) is 0 Å². The molecular formula is C19H27N3OS. The lowest BCUT2D eigenvalue weighted by molar-refractivity contribution is -0.138. The van der Waals surface area contributed by atoms with Crippen LogP contribution in [-0.2, 0) is 24.9 Å². The molecular weight excluding hydrogens is 318 g/mol. The molecule has 2 saturated heterocycles. The Bertz CT molecular complexity index is 643. The van der Waals surface area contributed by atoms with Gasteiger partial charge in [-0.15, -0.1) is 11.3 Å². The highest BCUT2D eigenvalue weighted by atomic mass is 32.1. The number of hydrogen-bond acceptors (Lipinski definition) is 4. The monoisotopic (exact) mass is 345 g/mol. The second-order valence-corrected chi connectivity index (χ2v) is 8.24. The molecule has 2 fully saturated rings. The average Bonchev–Trinajstić information content (AvgIpc) is 3.23. The zero-order valence-electron chi connectivity index (χ0n) is 14.5. The summed E-state index contributed by atoms with van der Waals surface area (Å²) in [5, 5.41) is 2.17. The summed E-state index contributed by atoms with van der Waals surface area (Å²) in [6.45, 7) is 7.43. The summed E-state index contributed by atoms with van der Waals surface area (Å²) in [5.74, 6) is 0. The number of likely N-dealkylation sites (tertiary alicyclic amines) is 1. The number of aryl methyl sites for hydroxylation is 1. The number of ether oxygens (including phenoxy) is 1. The molecule has 24 heavy (non-hydrogen) atoms. The number of aromatic nitrogens is 1. The van der Waals surface area contributed by atoms with E-state index in [0.29, 0.717) is 0 Å². The van der Waals surface area contributed by atoms with E-state index >= 15 is 0 Å². The fraction of sp³-hybridized carbons (Fsp3) is 0.579. The van der Waals surface area contributed by atoms with Crippen LogP contribution < -0.4 is 0 Å². The van der Waals surface area contributed by atoms with E-state index in [4.69, 9.17) is 4.74 Å². The molecule has 130 valence electrons. The van der Waals surface area contributed by atoms with Gasteiger partial charge in [-0.2, -0.15) is 0 Å². The van der Waals surface area contributed by atoms with Crippen molar-refractivity contribution < 1.29 is 4.74 Å². The third-order valence-corrected chi connectivity index (χ3v) is 6.35. The lowest BCUT2D eigenvalue weighted by Crippen LogP contribution is -2.56. The van der Waals surface area contributed by atoms with Gasteiger partial charge in [-0.05, 0) is 36.4 Å². The predicted octanol–water partition coefficient (Wildman–Crippen LogP) is 2.95. The quantitative estimate of drug-likeness (QED) is 0.850. The minimum atomic E-state index is 0.0835. The fourth-order valence-electron chi connectivity index (χ4n) is 3.99. The molecule has 0 radical (unpaired) electrons. The van der Waals surface area contributed by atoms with Crippen LogP contribution in [0.1, 0.15) is 23.4 Å². The van der Waals surface area contributed by atoms with Crippen LogP contribution in [0.4, 0.5) is 0 Å². The van der Waals surface area contributed by atoms with Crippen LogP contribution in [0.25, 0.3) is 0 Å². The molecule has 0 amide bonds. The molecule has 2 aliphatic heterocycles. The summed E-state index contributed by atoms with van der Waals surface area (Å²) in [6.07, 6.45) is 4.43. The zero-order chi connectivity index (χ0) is 16.4. The Labute approximate surface area is 148 Å². The van der Waals surface area contributed by atoms with Crippen molar-refractivity contribution in [2.45, 2.75) is 31.5 Å². The van der Waals surface area contributed by atoms with Crippen molar-refractivity contribution in [2.75, 3.05) is 32.8 Å². The van der Waals surface area contributed by atoms with Crippen LogP contribution >= 0.6 is 11.3 Å². The molecule has 5 heteroatoms. The third-order valence-electron chi connectivity index (χ3n) is 5.49. The van der Waals surface area contributed by atoms with E-state index in [1.807, 2.05) is 11.3 Å². The third kappa shape index (κ3) is 3.59. The highest BCUT2D eigenvalue weighted by Crippen LogP contribution is 2.31. The molecule has 0 unspecified atom stereocenters. The molecule has 2 aromatic rings. The van der Waals surface area contributed by atoms with Gasteiger partial charge in [-0.3, -0.25) is 9.80 Å². The first-order valence-electron chi connectivity index (χ1n) is 8.94. The van der Waals surface area contributed by atoms with Crippen LogP contribution in [0.5, 0.6) is 0 Å². The Hall–Kier alpha value is -1.14. The van der Waals surface area contributed by atoms with Crippen LogP contribution in [0, 0.1) is 0 Å². The van der Waals surface area contributed by atoms with Gasteiger partial charge in [0.05, 0.1) is 12.2 Å². The van der Waals surface area contributed by atoms with Crippen molar-refractivity contribution >= 4 is 11.3 Å². The molecule has 4 rings (SSSR count). The Kier molecular flexibility index (Phi) is 4.77. The van der Waals surface area contributed by atoms with E-state index in [9.17, 15) is 0 Å². The molecule has 0 atom stereocenters. The molecule has 0 saturated carbocycles. The van der Waals surface area contributed by atoms with Gasteiger partial charge >= 0.3 is 0 Å². The number of piperidine rings is 1. The minimum Gasteiger partial charge on any atom is -0.372 e. The summed E-state index contributed by atoms with van der Waals surface area (Å²) in [7, 11) is 2.13. The van der Waals surface area contributed by atoms with Crippen LogP contribution in [0.2, 0.25) is 0 Å². The Morgan fingerprint density at radius 3 is 2.67 bits per heavy atom. The van der Waals surface area contributed by atoms with Crippen molar-refractivity contribution in [1.29, 1.82) is 0 Å². The highest BCUT2D eigenvalue weighted by molar-refractivity contribution is 7.09. The molecule has 4 heterocycles. The zero-order valence-corrected chi connectivity index (χ0v) is 15.3. The van der Waals surface area contributed by atoms with Crippen molar-refractivity contribution in [3.63, 3.8) is 0 Å². The van der Waals surface area contributed by atoms with Gasteiger partial charge in [0, 0.05) is 63.1 Å². The maximum absolute atomic E-state index is 6.29. The van der Waals surface area contributed by atoms with Crippen molar-refractivity contribution in [3.05, 3.63) is 46.4 Å². The van der Waals surface area contributed by atoms with Crippen molar-refractivity contribution in [1.82, 2.24) is 14.4 Å². The normalized spacial score (nSPS) is 22.2. The number of hydrogen-bond donors (Lipinski definition) is 0. The van der Waals surface area contributed by atoms with E-state index in [0.717, 1.165) is 58.7 Å². The van der Waals surface area contributed by atoms with E-state index in [1.165, 1.54) is 10.6 Å². The van der Waals surface area contributed by atoms with Gasteiger partial charge < -0.3 is 9.30 Å². The number of morpholine rings is 1. The van der Waals surface area contributed by atoms with E-state index in [2.05, 4.69) is 57.3 Å². The van der Waals surface area contributed by atoms with Crippen LogP contribution in [-0.4, -0.2) is 52.8 Å². The van der Waals surface area contributed by atoms with Gasteiger partial charge in [0.1, 0.15) is 0 Å². The molecule has 0 aromatic carbocycles. The first kappa shape index (κ1) is 16.3. The lowest BCUT2D eigenvalue weighted by Gasteiger charge is -2.47. The molecule has 2 aliphatic rings. The molecule has 4 nitrogen and oxygen atoms in total. The lowest BCUT2D eigenvalue weighted by atomic mass is 9.89. The highest BCUT2D eigenvalue weighted by Gasteiger charge is 2.39.